The molecule has 1 saturated carbocycles. The summed E-state index contributed by atoms with van der Waals surface area (Å²) in [5.74, 6) is 0. The Bertz CT molecular complexity index is 726. The van der Waals surface area contributed by atoms with E-state index in [1.165, 1.54) is 0 Å². The van der Waals surface area contributed by atoms with Gasteiger partial charge in [-0.05, 0) is 31.2 Å². The van der Waals surface area contributed by atoms with Gasteiger partial charge in [-0.25, -0.2) is 13.1 Å². The molecule has 106 valence electrons. The SMILES string of the molecule is CC1(NS(=O)(=O)c2cccc3ccccc23)CCCC1. The van der Waals surface area contributed by atoms with E-state index in [1.54, 1.807) is 12.1 Å². The summed E-state index contributed by atoms with van der Waals surface area (Å²) in [7, 11) is -3.48. The Hall–Kier alpha value is -1.39. The summed E-state index contributed by atoms with van der Waals surface area (Å²) in [6.07, 6.45) is 4.01. The lowest BCUT2D eigenvalue weighted by Gasteiger charge is -2.25. The maximum absolute atomic E-state index is 12.7. The van der Waals surface area contributed by atoms with E-state index in [2.05, 4.69) is 4.72 Å². The van der Waals surface area contributed by atoms with Crippen molar-refractivity contribution >= 4 is 20.8 Å². The predicted octanol–water partition coefficient (Wildman–Crippen LogP) is 3.45. The number of rotatable bonds is 3. The fourth-order valence-corrected chi connectivity index (χ4v) is 4.76. The second-order valence-electron chi connectivity index (χ2n) is 5.85. The smallest absolute Gasteiger partial charge is 0.207 e. The lowest BCUT2D eigenvalue weighted by Crippen LogP contribution is -2.43. The van der Waals surface area contributed by atoms with Crippen molar-refractivity contribution in [3.63, 3.8) is 0 Å². The van der Waals surface area contributed by atoms with Crippen LogP contribution in [0.2, 0.25) is 0 Å². The van der Waals surface area contributed by atoms with Crippen molar-refractivity contribution in [2.24, 2.45) is 0 Å². The molecule has 0 aliphatic heterocycles. The number of nitrogens with one attached hydrogen (secondary N) is 1. The van der Waals surface area contributed by atoms with Gasteiger partial charge < -0.3 is 0 Å². The van der Waals surface area contributed by atoms with Crippen LogP contribution in [-0.2, 0) is 10.0 Å². The normalized spacial score (nSPS) is 18.4. The molecule has 0 heterocycles. The van der Waals surface area contributed by atoms with Gasteiger partial charge in [-0.1, -0.05) is 49.2 Å². The summed E-state index contributed by atoms with van der Waals surface area (Å²) in [6, 6.07) is 13.0. The van der Waals surface area contributed by atoms with Crippen molar-refractivity contribution in [3.05, 3.63) is 42.5 Å². The highest BCUT2D eigenvalue weighted by Gasteiger charge is 2.33. The van der Waals surface area contributed by atoms with Crippen LogP contribution in [0.4, 0.5) is 0 Å². The van der Waals surface area contributed by atoms with Gasteiger partial charge in [-0.3, -0.25) is 0 Å². The fraction of sp³-hybridized carbons (Fsp3) is 0.375. The topological polar surface area (TPSA) is 46.2 Å². The van der Waals surface area contributed by atoms with Crippen LogP contribution in [-0.4, -0.2) is 14.0 Å². The molecule has 0 bridgehead atoms. The maximum Gasteiger partial charge on any atom is 0.241 e. The Morgan fingerprint density at radius 2 is 1.65 bits per heavy atom. The van der Waals surface area contributed by atoms with Crippen molar-refractivity contribution in [3.8, 4) is 0 Å². The molecule has 3 rings (SSSR count). The highest BCUT2D eigenvalue weighted by Crippen LogP contribution is 2.31. The first-order chi connectivity index (χ1) is 9.50. The van der Waals surface area contributed by atoms with Gasteiger partial charge in [0, 0.05) is 10.9 Å². The molecule has 4 heteroatoms. The van der Waals surface area contributed by atoms with Crippen molar-refractivity contribution in [1.29, 1.82) is 0 Å². The Morgan fingerprint density at radius 3 is 2.40 bits per heavy atom. The third kappa shape index (κ3) is 2.45. The van der Waals surface area contributed by atoms with Crippen LogP contribution >= 0.6 is 0 Å². The van der Waals surface area contributed by atoms with Gasteiger partial charge in [0.25, 0.3) is 0 Å². The van der Waals surface area contributed by atoms with Crippen LogP contribution in [0.25, 0.3) is 10.8 Å². The summed E-state index contributed by atoms with van der Waals surface area (Å²) in [5, 5.41) is 1.73. The van der Waals surface area contributed by atoms with Gasteiger partial charge >= 0.3 is 0 Å². The van der Waals surface area contributed by atoms with Crippen molar-refractivity contribution in [2.45, 2.75) is 43.0 Å². The average molecular weight is 289 g/mol. The van der Waals surface area contributed by atoms with Gasteiger partial charge in [0.05, 0.1) is 4.90 Å². The Morgan fingerprint density at radius 1 is 1.00 bits per heavy atom. The van der Waals surface area contributed by atoms with Gasteiger partial charge in [-0.15, -0.1) is 0 Å². The molecule has 20 heavy (non-hydrogen) atoms. The van der Waals surface area contributed by atoms with E-state index in [9.17, 15) is 8.42 Å². The highest BCUT2D eigenvalue weighted by atomic mass is 32.2. The van der Waals surface area contributed by atoms with E-state index < -0.39 is 10.0 Å². The quantitative estimate of drug-likeness (QED) is 0.940. The second kappa shape index (κ2) is 4.86. The molecule has 1 fully saturated rings. The first-order valence-corrected chi connectivity index (χ1v) is 8.50. The predicted molar refractivity (Wildman–Crippen MR) is 81.1 cm³/mol. The molecule has 0 aromatic heterocycles. The standard InChI is InChI=1S/C16H19NO2S/c1-16(11-4-5-12-16)17-20(18,19)15-10-6-8-13-7-2-3-9-14(13)15/h2-3,6-10,17H,4-5,11-12H2,1H3. The molecule has 2 aromatic carbocycles. The summed E-state index contributed by atoms with van der Waals surface area (Å²) in [4.78, 5) is 0.378. The van der Waals surface area contributed by atoms with E-state index >= 15 is 0 Å². The zero-order valence-electron chi connectivity index (χ0n) is 11.6. The van der Waals surface area contributed by atoms with Crippen LogP contribution in [0.15, 0.2) is 47.4 Å². The van der Waals surface area contributed by atoms with E-state index in [4.69, 9.17) is 0 Å². The molecule has 1 aliphatic rings. The van der Waals surface area contributed by atoms with E-state index in [-0.39, 0.29) is 5.54 Å². The Balaban J connectivity index is 2.05. The van der Waals surface area contributed by atoms with E-state index in [1.807, 2.05) is 37.3 Å². The zero-order valence-corrected chi connectivity index (χ0v) is 12.4. The van der Waals surface area contributed by atoms with Crippen molar-refractivity contribution in [1.82, 2.24) is 4.72 Å². The van der Waals surface area contributed by atoms with Gasteiger partial charge in [0.15, 0.2) is 0 Å². The minimum Gasteiger partial charge on any atom is -0.207 e. The van der Waals surface area contributed by atoms with E-state index in [0.29, 0.717) is 4.90 Å². The molecule has 1 aliphatic carbocycles. The lowest BCUT2D eigenvalue weighted by atomic mass is 10.0. The molecule has 0 radical (unpaired) electrons. The fourth-order valence-electron chi connectivity index (χ4n) is 3.07. The molecule has 0 spiro atoms. The van der Waals surface area contributed by atoms with Gasteiger partial charge in [-0.2, -0.15) is 0 Å². The Kier molecular flexibility index (Phi) is 3.30. The van der Waals surface area contributed by atoms with Gasteiger partial charge in [0.2, 0.25) is 10.0 Å². The largest absolute Gasteiger partial charge is 0.241 e. The van der Waals surface area contributed by atoms with Crippen LogP contribution in [0.3, 0.4) is 0 Å². The summed E-state index contributed by atoms with van der Waals surface area (Å²) in [6.45, 7) is 2.00. The van der Waals surface area contributed by atoms with Crippen LogP contribution in [0.5, 0.6) is 0 Å². The number of sulfonamides is 1. The third-order valence-corrected chi connectivity index (χ3v) is 5.82. The first-order valence-electron chi connectivity index (χ1n) is 7.02. The molecule has 1 N–H and O–H groups in total. The first kappa shape index (κ1) is 13.6. The Labute approximate surface area is 120 Å². The molecule has 2 aromatic rings. The molecule has 0 saturated heterocycles. The summed E-state index contributed by atoms with van der Waals surface area (Å²) >= 11 is 0. The molecule has 0 unspecified atom stereocenters. The third-order valence-electron chi connectivity index (χ3n) is 4.13. The van der Waals surface area contributed by atoms with Crippen LogP contribution in [0, 0.1) is 0 Å². The summed E-state index contributed by atoms with van der Waals surface area (Å²) in [5.41, 5.74) is -0.296. The molecule has 0 amide bonds. The van der Waals surface area contributed by atoms with Crippen LogP contribution < -0.4 is 4.72 Å². The molecule has 3 nitrogen and oxygen atoms in total. The van der Waals surface area contributed by atoms with Crippen molar-refractivity contribution in [2.75, 3.05) is 0 Å². The number of fused-ring (bicyclic) bond motifs is 1. The molecular weight excluding hydrogens is 270 g/mol. The molecule has 0 atom stereocenters. The number of hydrogen-bond donors (Lipinski definition) is 1. The maximum atomic E-state index is 12.7. The summed E-state index contributed by atoms with van der Waals surface area (Å²) < 4.78 is 28.3. The zero-order chi connectivity index (χ0) is 14.2. The number of hydrogen-bond acceptors (Lipinski definition) is 2. The highest BCUT2D eigenvalue weighted by molar-refractivity contribution is 7.89. The number of benzene rings is 2. The van der Waals surface area contributed by atoms with Crippen LogP contribution in [0.1, 0.15) is 32.6 Å². The van der Waals surface area contributed by atoms with E-state index in [0.717, 1.165) is 36.5 Å². The monoisotopic (exact) mass is 289 g/mol. The van der Waals surface area contributed by atoms with Crippen molar-refractivity contribution < 1.29 is 8.42 Å². The lowest BCUT2D eigenvalue weighted by molar-refractivity contribution is 0.428. The van der Waals surface area contributed by atoms with Gasteiger partial charge in [0.1, 0.15) is 0 Å². The average Bonchev–Trinajstić information content (AvgIpc) is 2.83. The second-order valence-corrected chi connectivity index (χ2v) is 7.50. The minimum absolute atomic E-state index is 0.296. The minimum atomic E-state index is -3.48. The molecular formula is C16H19NO2S.